The summed E-state index contributed by atoms with van der Waals surface area (Å²) in [7, 11) is 0. The zero-order chi connectivity index (χ0) is 55.3. The Morgan fingerprint density at radius 2 is 0.659 bits per heavy atom. The van der Waals surface area contributed by atoms with Crippen molar-refractivity contribution in [1.29, 1.82) is 5.41 Å². The molecule has 7 nitrogen and oxygen atoms in total. The molecule has 0 saturated heterocycles. The fourth-order valence-electron chi connectivity index (χ4n) is 12.2. The van der Waals surface area contributed by atoms with Gasteiger partial charge in [-0.3, -0.25) is 5.41 Å². The molecule has 0 amide bonds. The molecule has 16 rings (SSSR count). The fourth-order valence-corrected chi connectivity index (χ4v) is 12.2. The molecule has 392 valence electrons. The monoisotopic (exact) mass is 1060 g/mol. The summed E-state index contributed by atoms with van der Waals surface area (Å²) < 4.78 is 9.83. The summed E-state index contributed by atoms with van der Waals surface area (Å²) >= 11 is 0. The fraction of sp³-hybridized carbons (Fsp3) is 0.0267. The molecule has 0 atom stereocenters. The van der Waals surface area contributed by atoms with E-state index in [4.69, 9.17) is 16.9 Å². The number of hydrogen-bond acceptors (Lipinski definition) is 2. The molecule has 7 heteroatoms. The molecule has 0 fully saturated rings. The molecule has 0 aliphatic carbocycles. The van der Waals surface area contributed by atoms with Crippen LogP contribution in [0.2, 0.25) is 0 Å². The molecule has 0 aliphatic heterocycles. The van der Waals surface area contributed by atoms with Crippen molar-refractivity contribution in [2.75, 3.05) is 0 Å². The molecular weight excluding hydrogens is 999 g/mol. The Kier molecular flexibility index (Phi) is 12.6. The van der Waals surface area contributed by atoms with Crippen LogP contribution in [-0.2, 0) is 6.54 Å². The van der Waals surface area contributed by atoms with Crippen molar-refractivity contribution in [2.45, 2.75) is 13.5 Å². The number of nitrogen functional groups attached to an aromatic ring is 1. The number of rotatable bonds is 7. The van der Waals surface area contributed by atoms with Gasteiger partial charge in [0.05, 0.1) is 44.1 Å². The van der Waals surface area contributed by atoms with Gasteiger partial charge in [-0.05, 0) is 109 Å². The van der Waals surface area contributed by atoms with Gasteiger partial charge in [0.2, 0.25) is 0 Å². The quantitative estimate of drug-likeness (QED) is 0.110. The van der Waals surface area contributed by atoms with E-state index in [-0.39, 0.29) is 5.84 Å². The van der Waals surface area contributed by atoms with Crippen LogP contribution in [0.3, 0.4) is 0 Å². The number of fused-ring (bicyclic) bond motifs is 14. The molecule has 0 aliphatic rings. The second-order valence-corrected chi connectivity index (χ2v) is 20.9. The Labute approximate surface area is 474 Å². The number of amidine groups is 1. The summed E-state index contributed by atoms with van der Waals surface area (Å²) in [6.45, 7) is 2.55. The zero-order valence-corrected chi connectivity index (χ0v) is 45.3. The van der Waals surface area contributed by atoms with Crippen molar-refractivity contribution < 1.29 is 0 Å². The van der Waals surface area contributed by atoms with Crippen LogP contribution in [0.15, 0.2) is 285 Å². The molecule has 82 heavy (non-hydrogen) atoms. The number of nitrogens with two attached hydrogens (primary N) is 2. The lowest BCUT2D eigenvalue weighted by molar-refractivity contribution is 1.06. The minimum absolute atomic E-state index is 0.121. The van der Waals surface area contributed by atoms with E-state index >= 15 is 0 Å². The number of para-hydroxylation sites is 5. The smallest absolute Gasteiger partial charge is 0.122 e. The average Bonchev–Trinajstić information content (AvgIpc) is 4.46. The van der Waals surface area contributed by atoms with E-state index in [0.29, 0.717) is 6.54 Å². The maximum absolute atomic E-state index is 7.01. The summed E-state index contributed by atoms with van der Waals surface area (Å²) in [5.41, 5.74) is 31.0. The van der Waals surface area contributed by atoms with Crippen LogP contribution >= 0.6 is 0 Å². The van der Waals surface area contributed by atoms with Gasteiger partial charge in [-0.1, -0.05) is 206 Å². The largest absolute Gasteiger partial charge is 0.384 e. The highest BCUT2D eigenvalue weighted by molar-refractivity contribution is 6.26. The summed E-state index contributed by atoms with van der Waals surface area (Å²) in [6, 6.07) is 102. The summed E-state index contributed by atoms with van der Waals surface area (Å²) in [4.78, 5) is 0. The van der Waals surface area contributed by atoms with E-state index in [2.05, 4.69) is 262 Å². The van der Waals surface area contributed by atoms with Crippen LogP contribution in [0.1, 0.15) is 16.7 Å². The number of aryl methyl sites for hydroxylation is 1. The number of aromatic nitrogens is 4. The minimum Gasteiger partial charge on any atom is -0.384 e. The Hall–Kier alpha value is -10.7. The van der Waals surface area contributed by atoms with Crippen LogP contribution in [0, 0.1) is 12.3 Å². The van der Waals surface area contributed by atoms with Gasteiger partial charge in [-0.2, -0.15) is 0 Å². The van der Waals surface area contributed by atoms with Crippen molar-refractivity contribution in [3.05, 3.63) is 302 Å². The minimum atomic E-state index is 0.121. The number of nitrogens with zero attached hydrogens (tertiary/aromatic N) is 4. The number of benzene rings is 12. The first kappa shape index (κ1) is 49.6. The van der Waals surface area contributed by atoms with E-state index in [0.717, 1.165) is 39.4 Å². The van der Waals surface area contributed by atoms with Crippen molar-refractivity contribution >= 4 is 93.1 Å². The van der Waals surface area contributed by atoms with E-state index in [9.17, 15) is 0 Å². The molecular formula is C75H57N7. The van der Waals surface area contributed by atoms with Crippen molar-refractivity contribution in [2.24, 2.45) is 11.5 Å². The van der Waals surface area contributed by atoms with Crippen LogP contribution in [0.25, 0.3) is 121 Å². The van der Waals surface area contributed by atoms with Gasteiger partial charge in [-0.25, -0.2) is 0 Å². The second-order valence-electron chi connectivity index (χ2n) is 20.9. The van der Waals surface area contributed by atoms with Gasteiger partial charge in [0, 0.05) is 77.9 Å². The zero-order valence-electron chi connectivity index (χ0n) is 45.3. The Balaban J connectivity index is 0.000000326. The first-order valence-corrected chi connectivity index (χ1v) is 27.8. The molecule has 4 aromatic heterocycles. The molecule has 0 radical (unpaired) electrons. The summed E-state index contributed by atoms with van der Waals surface area (Å²) in [5.74, 6) is 0.121. The normalized spacial score (nSPS) is 11.4. The van der Waals surface area contributed by atoms with E-state index < -0.39 is 0 Å². The predicted octanol–water partition coefficient (Wildman–Crippen LogP) is 18.2. The van der Waals surface area contributed by atoms with E-state index in [1.54, 1.807) is 0 Å². The Morgan fingerprint density at radius 3 is 1.04 bits per heavy atom. The van der Waals surface area contributed by atoms with Crippen LogP contribution < -0.4 is 11.5 Å². The van der Waals surface area contributed by atoms with Crippen LogP contribution in [0.5, 0.6) is 0 Å². The highest BCUT2D eigenvalue weighted by atomic mass is 15.1. The predicted molar refractivity (Wildman–Crippen MR) is 346 cm³/mol. The van der Waals surface area contributed by atoms with Gasteiger partial charge in [0.1, 0.15) is 5.84 Å². The topological polar surface area (TPSA) is 95.6 Å². The average molecular weight is 1060 g/mol. The standard InChI is InChI=1S/C61H41N5.C7H8N2.C7H8/c62-38-39-15-14-22-45(35-39)66-57-34-28-41(37-53(57)51-32-30-49-47-24-11-13-26-55(47)64(59(49)61(51)66)43-18-6-2-7-19-43)40-27-33-56-52(36-40)50-31-29-48-46-23-10-12-25-54(46)63(42-16-4-1-5-17-42)58(48)60(50)65(56)44-20-8-3-9-21-44;8-7(9)6-4-2-1-3-5-6;1-7-5-3-2-4-6-7/h1-37H,38,62H2;1-5H,(H3,8,9);2-6H,1H3. The molecule has 0 spiro atoms. The second kappa shape index (κ2) is 20.8. The van der Waals surface area contributed by atoms with Gasteiger partial charge in [0.25, 0.3) is 0 Å². The highest BCUT2D eigenvalue weighted by Crippen LogP contribution is 2.45. The summed E-state index contributed by atoms with van der Waals surface area (Å²) in [6.07, 6.45) is 0. The van der Waals surface area contributed by atoms with Crippen molar-refractivity contribution in [3.63, 3.8) is 0 Å². The van der Waals surface area contributed by atoms with Crippen molar-refractivity contribution in [1.82, 2.24) is 18.3 Å². The third kappa shape index (κ3) is 8.47. The lowest BCUT2D eigenvalue weighted by atomic mass is 10.00. The van der Waals surface area contributed by atoms with E-state index in [1.807, 2.05) is 48.5 Å². The van der Waals surface area contributed by atoms with Gasteiger partial charge < -0.3 is 29.7 Å². The molecule has 0 saturated carbocycles. The van der Waals surface area contributed by atoms with Crippen LogP contribution in [0.4, 0.5) is 0 Å². The number of nitrogens with one attached hydrogen (secondary N) is 1. The molecule has 0 unspecified atom stereocenters. The Bertz CT molecular complexity index is 5030. The maximum Gasteiger partial charge on any atom is 0.122 e. The Morgan fingerprint density at radius 1 is 0.317 bits per heavy atom. The number of hydrogen-bond donors (Lipinski definition) is 3. The molecule has 5 N–H and O–H groups in total. The lowest BCUT2D eigenvalue weighted by Crippen LogP contribution is -2.10. The van der Waals surface area contributed by atoms with Gasteiger partial charge in [0.15, 0.2) is 0 Å². The molecule has 16 aromatic rings. The van der Waals surface area contributed by atoms with Crippen LogP contribution in [-0.4, -0.2) is 24.1 Å². The highest BCUT2D eigenvalue weighted by Gasteiger charge is 2.24. The lowest BCUT2D eigenvalue weighted by Gasteiger charge is -2.13. The third-order valence-electron chi connectivity index (χ3n) is 15.9. The maximum atomic E-state index is 7.01. The van der Waals surface area contributed by atoms with Crippen molar-refractivity contribution in [3.8, 4) is 33.9 Å². The third-order valence-corrected chi connectivity index (χ3v) is 15.9. The van der Waals surface area contributed by atoms with E-state index in [1.165, 1.54) is 98.4 Å². The molecule has 0 bridgehead atoms. The molecule has 4 heterocycles. The molecule has 12 aromatic carbocycles. The van der Waals surface area contributed by atoms with Gasteiger partial charge in [-0.15, -0.1) is 0 Å². The summed E-state index contributed by atoms with van der Waals surface area (Å²) in [5, 5.41) is 16.8. The van der Waals surface area contributed by atoms with Gasteiger partial charge >= 0.3 is 0 Å². The first-order chi connectivity index (χ1) is 40.4. The first-order valence-electron chi connectivity index (χ1n) is 27.8. The SMILES string of the molecule is Cc1ccccc1.N=C(N)c1ccccc1.NCc1cccc(-n2c3ccc(-c4ccc5c(c4)c4ccc6c7ccccc7n(-c7ccccc7)c6c4n5-c4ccccc4)cc3c3ccc4c5ccccc5n(-c5ccccc5)c4c32)c1.